The Morgan fingerprint density at radius 2 is 2.07 bits per heavy atom. The van der Waals surface area contributed by atoms with Crippen LogP contribution < -0.4 is 10.3 Å². The summed E-state index contributed by atoms with van der Waals surface area (Å²) in [5.74, 6) is 0.158. The maximum Gasteiger partial charge on any atom is 0.272 e. The molecule has 0 aromatic heterocycles. The molecule has 0 radical (unpaired) electrons. The molecular formula is C22H26ClN3O. The van der Waals surface area contributed by atoms with Gasteiger partial charge in [0.15, 0.2) is 0 Å². The van der Waals surface area contributed by atoms with Crippen molar-refractivity contribution < 1.29 is 4.79 Å². The van der Waals surface area contributed by atoms with Crippen molar-refractivity contribution in [2.24, 2.45) is 5.10 Å². The van der Waals surface area contributed by atoms with Crippen LogP contribution in [0.4, 0.5) is 5.69 Å². The minimum Gasteiger partial charge on any atom is -0.366 e. The molecular weight excluding hydrogens is 358 g/mol. The van der Waals surface area contributed by atoms with Gasteiger partial charge < -0.3 is 4.90 Å². The zero-order valence-electron chi connectivity index (χ0n) is 16.3. The van der Waals surface area contributed by atoms with Gasteiger partial charge in [0.2, 0.25) is 0 Å². The molecule has 0 aliphatic carbocycles. The predicted octanol–water partition coefficient (Wildman–Crippen LogP) is 5.22. The number of carbonyl (C=O) groups excluding carboxylic acids is 1. The second kappa shape index (κ2) is 7.73. The van der Waals surface area contributed by atoms with E-state index in [0.717, 1.165) is 18.5 Å². The fourth-order valence-corrected chi connectivity index (χ4v) is 4.28. The molecule has 2 aromatic rings. The van der Waals surface area contributed by atoms with Crippen molar-refractivity contribution in [3.8, 4) is 0 Å². The third kappa shape index (κ3) is 4.01. The molecule has 1 aliphatic heterocycles. The van der Waals surface area contributed by atoms with E-state index in [4.69, 9.17) is 11.6 Å². The van der Waals surface area contributed by atoms with Gasteiger partial charge in [0.05, 0.1) is 16.8 Å². The molecule has 142 valence electrons. The molecule has 1 N–H and O–H groups in total. The molecule has 1 aliphatic rings. The van der Waals surface area contributed by atoms with Crippen LogP contribution in [-0.4, -0.2) is 24.2 Å². The molecule has 5 heteroatoms. The van der Waals surface area contributed by atoms with E-state index < -0.39 is 0 Å². The number of amides is 1. The Balaban J connectivity index is 1.78. The number of halogens is 1. The summed E-state index contributed by atoms with van der Waals surface area (Å²) in [7, 11) is 0. The van der Waals surface area contributed by atoms with Crippen molar-refractivity contribution in [3.05, 3.63) is 64.2 Å². The van der Waals surface area contributed by atoms with Crippen LogP contribution in [0.2, 0.25) is 5.02 Å². The molecule has 0 bridgehead atoms. The van der Waals surface area contributed by atoms with E-state index in [2.05, 4.69) is 55.3 Å². The summed E-state index contributed by atoms with van der Waals surface area (Å²) in [6.07, 6.45) is 2.79. The Morgan fingerprint density at radius 3 is 2.78 bits per heavy atom. The molecule has 1 heterocycles. The van der Waals surface area contributed by atoms with Crippen LogP contribution in [0.5, 0.6) is 0 Å². The van der Waals surface area contributed by atoms with Crippen LogP contribution in [0.1, 0.15) is 61.5 Å². The number of hydrazone groups is 1. The van der Waals surface area contributed by atoms with Crippen LogP contribution in [0, 0.1) is 0 Å². The van der Waals surface area contributed by atoms with Crippen molar-refractivity contribution in [1.82, 2.24) is 5.43 Å². The third-order valence-corrected chi connectivity index (χ3v) is 5.55. The van der Waals surface area contributed by atoms with Crippen molar-refractivity contribution in [2.45, 2.75) is 45.6 Å². The number of rotatable bonds is 4. The van der Waals surface area contributed by atoms with Gasteiger partial charge in [-0.15, -0.1) is 0 Å². The fourth-order valence-electron chi connectivity index (χ4n) is 4.06. The Kier molecular flexibility index (Phi) is 5.56. The van der Waals surface area contributed by atoms with Crippen LogP contribution >= 0.6 is 11.6 Å². The summed E-state index contributed by atoms with van der Waals surface area (Å²) in [5, 5.41) is 4.52. The van der Waals surface area contributed by atoms with Crippen molar-refractivity contribution in [1.29, 1.82) is 0 Å². The van der Waals surface area contributed by atoms with Crippen LogP contribution in [0.15, 0.2) is 47.6 Å². The van der Waals surface area contributed by atoms with E-state index >= 15 is 0 Å². The predicted molar refractivity (Wildman–Crippen MR) is 113 cm³/mol. The molecule has 0 fully saturated rings. The van der Waals surface area contributed by atoms with Gasteiger partial charge in [0.25, 0.3) is 5.91 Å². The smallest absolute Gasteiger partial charge is 0.272 e. The van der Waals surface area contributed by atoms with Crippen molar-refractivity contribution in [2.75, 3.05) is 11.4 Å². The summed E-state index contributed by atoms with van der Waals surface area (Å²) < 4.78 is 0. The van der Waals surface area contributed by atoms with Crippen LogP contribution in [-0.2, 0) is 0 Å². The number of carbonyl (C=O) groups is 1. The lowest BCUT2D eigenvalue weighted by atomic mass is 9.79. The minimum atomic E-state index is -0.318. The largest absolute Gasteiger partial charge is 0.366 e. The molecule has 0 saturated carbocycles. The van der Waals surface area contributed by atoms with Crippen molar-refractivity contribution >= 4 is 29.4 Å². The van der Waals surface area contributed by atoms with E-state index in [0.29, 0.717) is 16.5 Å². The summed E-state index contributed by atoms with van der Waals surface area (Å²) in [6.45, 7) is 10.0. The maximum atomic E-state index is 12.2. The van der Waals surface area contributed by atoms with E-state index in [1.165, 1.54) is 11.3 Å². The number of hydrogen-bond acceptors (Lipinski definition) is 3. The van der Waals surface area contributed by atoms with Gasteiger partial charge in [-0.05, 0) is 68.5 Å². The number of hydrogen-bond donors (Lipinski definition) is 1. The van der Waals surface area contributed by atoms with Gasteiger partial charge in [0, 0.05) is 17.8 Å². The average molecular weight is 384 g/mol. The van der Waals surface area contributed by atoms with E-state index in [1.54, 1.807) is 30.5 Å². The van der Waals surface area contributed by atoms with Gasteiger partial charge in [-0.25, -0.2) is 5.43 Å². The number of benzene rings is 2. The Morgan fingerprint density at radius 1 is 1.33 bits per heavy atom. The Hall–Kier alpha value is -2.33. The first-order valence-corrected chi connectivity index (χ1v) is 9.71. The lowest BCUT2D eigenvalue weighted by Crippen LogP contribution is -2.48. The normalized spacial score (nSPS) is 18.4. The number of anilines is 1. The lowest BCUT2D eigenvalue weighted by Gasteiger charge is -2.47. The van der Waals surface area contributed by atoms with Crippen LogP contribution in [0.25, 0.3) is 0 Å². The summed E-state index contributed by atoms with van der Waals surface area (Å²) >= 11 is 6.04. The first kappa shape index (κ1) is 19.4. The van der Waals surface area contributed by atoms with E-state index in [-0.39, 0.29) is 11.4 Å². The highest BCUT2D eigenvalue weighted by Gasteiger charge is 2.35. The van der Waals surface area contributed by atoms with Gasteiger partial charge in [0.1, 0.15) is 0 Å². The molecule has 4 nitrogen and oxygen atoms in total. The van der Waals surface area contributed by atoms with Crippen molar-refractivity contribution in [3.63, 3.8) is 0 Å². The first-order chi connectivity index (χ1) is 12.8. The highest BCUT2D eigenvalue weighted by molar-refractivity contribution is 6.33. The zero-order valence-corrected chi connectivity index (χ0v) is 17.0. The van der Waals surface area contributed by atoms with E-state index in [9.17, 15) is 4.79 Å². The van der Waals surface area contributed by atoms with Gasteiger partial charge in [-0.1, -0.05) is 36.7 Å². The van der Waals surface area contributed by atoms with Gasteiger partial charge >= 0.3 is 0 Å². The summed E-state index contributed by atoms with van der Waals surface area (Å²) in [5.41, 5.74) is 6.70. The molecule has 0 saturated heterocycles. The van der Waals surface area contributed by atoms with E-state index in [1.807, 2.05) is 6.07 Å². The zero-order chi connectivity index (χ0) is 19.6. The molecule has 3 rings (SSSR count). The molecule has 0 spiro atoms. The topological polar surface area (TPSA) is 44.7 Å². The average Bonchev–Trinajstić information content (AvgIpc) is 2.62. The number of nitrogens with zero attached hydrogens (tertiary/aromatic N) is 2. The Labute approximate surface area is 166 Å². The highest BCUT2D eigenvalue weighted by Crippen LogP contribution is 2.43. The van der Waals surface area contributed by atoms with Gasteiger partial charge in [-0.3, -0.25) is 4.79 Å². The number of nitrogens with one attached hydrogen (secondary N) is 1. The molecule has 2 aromatic carbocycles. The lowest BCUT2D eigenvalue weighted by molar-refractivity contribution is 0.0955. The van der Waals surface area contributed by atoms with Gasteiger partial charge in [-0.2, -0.15) is 5.10 Å². The monoisotopic (exact) mass is 383 g/mol. The molecule has 0 unspecified atom stereocenters. The maximum absolute atomic E-state index is 12.2. The first-order valence-electron chi connectivity index (χ1n) is 9.33. The number of fused-ring (bicyclic) bond motifs is 1. The Bertz CT molecular complexity index is 876. The third-order valence-electron chi connectivity index (χ3n) is 5.22. The minimum absolute atomic E-state index is 0.152. The highest BCUT2D eigenvalue weighted by atomic mass is 35.5. The second-order valence-electron chi connectivity index (χ2n) is 7.66. The van der Waals surface area contributed by atoms with Crippen LogP contribution in [0.3, 0.4) is 0 Å². The quantitative estimate of drug-likeness (QED) is 0.581. The molecule has 27 heavy (non-hydrogen) atoms. The molecule has 1 atom stereocenters. The SMILES string of the molecule is CCN1c2ccc(/C=N\NC(=O)c3ccccc3Cl)cc2[C@@H](C)CC1(C)C. The standard InChI is InChI=1S/C22H26ClN3O/c1-5-26-20-11-10-16(12-18(20)15(2)13-22(26,3)4)14-24-25-21(27)17-8-6-7-9-19(17)23/h6-12,14-15H,5,13H2,1-4H3,(H,25,27)/b24-14-/t15-/m0/s1. The fraction of sp³-hybridized carbons (Fsp3) is 0.364. The summed E-state index contributed by atoms with van der Waals surface area (Å²) in [6, 6.07) is 13.3. The molecule has 1 amide bonds. The second-order valence-corrected chi connectivity index (χ2v) is 8.07. The summed E-state index contributed by atoms with van der Waals surface area (Å²) in [4.78, 5) is 14.6.